The van der Waals surface area contributed by atoms with Gasteiger partial charge in [-0.3, -0.25) is 9.59 Å². The van der Waals surface area contributed by atoms with Crippen LogP contribution in [0.25, 0.3) is 0 Å². The SMILES string of the molecule is COc1ccc(C2CC(c3ccccc3)=NN2C(=O)COC(=O)[C@@H](NC(=O)c2cccc(C)c2)C(C)C)cc1. The maximum Gasteiger partial charge on any atom is 0.329 e. The Bertz CT molecular complexity index is 1350. The molecule has 3 aromatic rings. The molecule has 2 atom stereocenters. The van der Waals surface area contributed by atoms with Crippen molar-refractivity contribution in [3.05, 3.63) is 101 Å². The predicted molar refractivity (Wildman–Crippen MR) is 148 cm³/mol. The summed E-state index contributed by atoms with van der Waals surface area (Å²) in [5, 5.41) is 8.75. The van der Waals surface area contributed by atoms with Crippen molar-refractivity contribution in [1.82, 2.24) is 10.3 Å². The first-order valence-corrected chi connectivity index (χ1v) is 12.9. The van der Waals surface area contributed by atoms with E-state index in [0.717, 1.165) is 22.4 Å². The largest absolute Gasteiger partial charge is 0.497 e. The molecule has 0 spiro atoms. The Morgan fingerprint density at radius 1 is 1.00 bits per heavy atom. The van der Waals surface area contributed by atoms with E-state index in [1.54, 1.807) is 39.2 Å². The number of esters is 1. The minimum Gasteiger partial charge on any atom is -0.497 e. The Morgan fingerprint density at radius 3 is 2.36 bits per heavy atom. The summed E-state index contributed by atoms with van der Waals surface area (Å²) >= 11 is 0. The lowest BCUT2D eigenvalue weighted by molar-refractivity contribution is -0.155. The average molecular weight is 528 g/mol. The van der Waals surface area contributed by atoms with Crippen LogP contribution in [0.15, 0.2) is 84.0 Å². The second kappa shape index (κ2) is 12.4. The number of ether oxygens (including phenoxy) is 2. The van der Waals surface area contributed by atoms with Gasteiger partial charge in [-0.2, -0.15) is 5.10 Å². The van der Waals surface area contributed by atoms with Crippen LogP contribution in [-0.2, 0) is 14.3 Å². The summed E-state index contributed by atoms with van der Waals surface area (Å²) < 4.78 is 10.7. The summed E-state index contributed by atoms with van der Waals surface area (Å²) in [6, 6.07) is 23.0. The Labute approximate surface area is 228 Å². The molecule has 0 aromatic heterocycles. The standard InChI is InChI=1S/C31H33N3O5/c1-20(2)29(32-30(36)24-12-8-9-21(3)17-24)31(37)39-19-28(35)34-27(23-13-15-25(38-4)16-14-23)18-26(33-34)22-10-6-5-7-11-22/h5-17,20,27,29H,18-19H2,1-4H3,(H,32,36)/t27?,29-/m0/s1. The topological polar surface area (TPSA) is 97.3 Å². The van der Waals surface area contributed by atoms with E-state index in [9.17, 15) is 14.4 Å². The molecule has 8 nitrogen and oxygen atoms in total. The van der Waals surface area contributed by atoms with Crippen molar-refractivity contribution in [3.63, 3.8) is 0 Å². The molecule has 0 saturated heterocycles. The zero-order valence-electron chi connectivity index (χ0n) is 22.6. The van der Waals surface area contributed by atoms with E-state index >= 15 is 0 Å². The number of methoxy groups -OCH3 is 1. The molecule has 1 unspecified atom stereocenters. The molecule has 1 aliphatic rings. The number of carbonyl (C=O) groups excluding carboxylic acids is 3. The summed E-state index contributed by atoms with van der Waals surface area (Å²) in [5.74, 6) is -1.05. The van der Waals surface area contributed by atoms with Crippen molar-refractivity contribution >= 4 is 23.5 Å². The fourth-order valence-electron chi connectivity index (χ4n) is 4.43. The average Bonchev–Trinajstić information content (AvgIpc) is 3.40. The number of rotatable bonds is 9. The lowest BCUT2D eigenvalue weighted by Gasteiger charge is -2.24. The highest BCUT2D eigenvalue weighted by Gasteiger charge is 2.34. The van der Waals surface area contributed by atoms with Gasteiger partial charge in [0.2, 0.25) is 0 Å². The van der Waals surface area contributed by atoms with Gasteiger partial charge in [0.15, 0.2) is 6.61 Å². The molecule has 0 saturated carbocycles. The highest BCUT2D eigenvalue weighted by Crippen LogP contribution is 2.33. The zero-order chi connectivity index (χ0) is 27.9. The molecule has 0 bridgehead atoms. The van der Waals surface area contributed by atoms with Gasteiger partial charge in [-0.1, -0.05) is 74.0 Å². The van der Waals surface area contributed by atoms with Crippen LogP contribution >= 0.6 is 0 Å². The number of amides is 2. The molecule has 39 heavy (non-hydrogen) atoms. The molecular formula is C31H33N3O5. The molecule has 0 radical (unpaired) electrons. The van der Waals surface area contributed by atoms with Crippen molar-refractivity contribution in [2.45, 2.75) is 39.3 Å². The predicted octanol–water partition coefficient (Wildman–Crippen LogP) is 4.68. The molecular weight excluding hydrogens is 494 g/mol. The van der Waals surface area contributed by atoms with E-state index < -0.39 is 24.5 Å². The second-order valence-electron chi connectivity index (χ2n) is 9.82. The first-order valence-electron chi connectivity index (χ1n) is 12.9. The van der Waals surface area contributed by atoms with Crippen molar-refractivity contribution in [1.29, 1.82) is 0 Å². The van der Waals surface area contributed by atoms with E-state index in [1.807, 2.05) is 67.6 Å². The zero-order valence-corrected chi connectivity index (χ0v) is 22.6. The van der Waals surface area contributed by atoms with Gasteiger partial charge in [0.1, 0.15) is 11.8 Å². The van der Waals surface area contributed by atoms with E-state index in [1.165, 1.54) is 5.01 Å². The van der Waals surface area contributed by atoms with Gasteiger partial charge in [0, 0.05) is 12.0 Å². The Hall–Kier alpha value is -4.46. The van der Waals surface area contributed by atoms with Crippen LogP contribution < -0.4 is 10.1 Å². The number of nitrogens with one attached hydrogen (secondary N) is 1. The molecule has 1 N–H and O–H groups in total. The normalized spacial score (nSPS) is 15.5. The van der Waals surface area contributed by atoms with E-state index in [-0.39, 0.29) is 17.9 Å². The van der Waals surface area contributed by atoms with Crippen molar-refractivity contribution in [2.24, 2.45) is 11.0 Å². The van der Waals surface area contributed by atoms with Gasteiger partial charge in [0.05, 0.1) is 18.9 Å². The minimum atomic E-state index is -0.912. The molecule has 1 heterocycles. The molecule has 0 fully saturated rings. The van der Waals surface area contributed by atoms with E-state index in [4.69, 9.17) is 9.47 Å². The highest BCUT2D eigenvalue weighted by atomic mass is 16.5. The number of hydrogen-bond donors (Lipinski definition) is 1. The minimum absolute atomic E-state index is 0.247. The van der Waals surface area contributed by atoms with Crippen LogP contribution in [0.1, 0.15) is 53.4 Å². The van der Waals surface area contributed by atoms with E-state index in [0.29, 0.717) is 17.7 Å². The fourth-order valence-corrected chi connectivity index (χ4v) is 4.43. The molecule has 4 rings (SSSR count). The molecule has 0 aliphatic carbocycles. The molecule has 1 aliphatic heterocycles. The van der Waals surface area contributed by atoms with Crippen LogP contribution in [-0.4, -0.2) is 48.3 Å². The van der Waals surface area contributed by atoms with Gasteiger partial charge < -0.3 is 14.8 Å². The summed E-state index contributed by atoms with van der Waals surface area (Å²) in [7, 11) is 1.60. The third-order valence-electron chi connectivity index (χ3n) is 6.60. The monoisotopic (exact) mass is 527 g/mol. The smallest absolute Gasteiger partial charge is 0.329 e. The van der Waals surface area contributed by atoms with Crippen LogP contribution in [0.4, 0.5) is 0 Å². The number of hydrogen-bond acceptors (Lipinski definition) is 6. The maximum absolute atomic E-state index is 13.3. The highest BCUT2D eigenvalue weighted by molar-refractivity contribution is 6.03. The molecule has 8 heteroatoms. The van der Waals surface area contributed by atoms with Gasteiger partial charge in [-0.05, 0) is 48.2 Å². The van der Waals surface area contributed by atoms with Crippen molar-refractivity contribution in [3.8, 4) is 5.75 Å². The third-order valence-corrected chi connectivity index (χ3v) is 6.60. The van der Waals surface area contributed by atoms with Gasteiger partial charge in [-0.15, -0.1) is 0 Å². The fraction of sp³-hybridized carbons (Fsp3) is 0.290. The summed E-state index contributed by atoms with van der Waals surface area (Å²) in [4.78, 5) is 39.1. The van der Waals surface area contributed by atoms with Crippen molar-refractivity contribution in [2.75, 3.05) is 13.7 Å². The van der Waals surface area contributed by atoms with Gasteiger partial charge in [0.25, 0.3) is 11.8 Å². The molecule has 3 aromatic carbocycles. The Kier molecular flexibility index (Phi) is 8.76. The number of benzene rings is 3. The molecule has 2 amide bonds. The second-order valence-corrected chi connectivity index (χ2v) is 9.82. The van der Waals surface area contributed by atoms with Crippen LogP contribution in [0.2, 0.25) is 0 Å². The molecule has 202 valence electrons. The number of carbonyl (C=O) groups is 3. The summed E-state index contributed by atoms with van der Waals surface area (Å²) in [6.07, 6.45) is 0.511. The van der Waals surface area contributed by atoms with Gasteiger partial charge in [-0.25, -0.2) is 9.80 Å². The van der Waals surface area contributed by atoms with Crippen LogP contribution in [0.3, 0.4) is 0 Å². The van der Waals surface area contributed by atoms with Crippen LogP contribution in [0.5, 0.6) is 5.75 Å². The lowest BCUT2D eigenvalue weighted by Crippen LogP contribution is -2.46. The summed E-state index contributed by atoms with van der Waals surface area (Å²) in [6.45, 7) is 5.00. The Balaban J connectivity index is 1.48. The first kappa shape index (κ1) is 27.6. The van der Waals surface area contributed by atoms with E-state index in [2.05, 4.69) is 10.4 Å². The first-order chi connectivity index (χ1) is 18.8. The quantitative estimate of drug-likeness (QED) is 0.408. The maximum atomic E-state index is 13.3. The van der Waals surface area contributed by atoms with Gasteiger partial charge >= 0.3 is 5.97 Å². The number of aryl methyl sites for hydroxylation is 1. The van der Waals surface area contributed by atoms with Crippen molar-refractivity contribution < 1.29 is 23.9 Å². The summed E-state index contributed by atoms with van der Waals surface area (Å²) in [5.41, 5.74) is 3.95. The third kappa shape index (κ3) is 6.71. The number of nitrogens with zero attached hydrogens (tertiary/aromatic N) is 2. The lowest BCUT2D eigenvalue weighted by atomic mass is 9.98. The van der Waals surface area contributed by atoms with Crippen LogP contribution in [0, 0.1) is 12.8 Å². The number of hydrazone groups is 1. The Morgan fingerprint density at radius 2 is 1.72 bits per heavy atom.